The standard InChI is InChI=1S/C14H16F3NO2/c1-9(18-13(19)12-6-3-7-20-12)10-4-2-5-11(8-10)14(15,16)17/h2,4-5,8-9,12H,3,6-7H2,1H3,(H,18,19)/t9-,12+/m0/s1. The summed E-state index contributed by atoms with van der Waals surface area (Å²) in [6.45, 7) is 2.21. The highest BCUT2D eigenvalue weighted by Gasteiger charge is 2.31. The lowest BCUT2D eigenvalue weighted by Gasteiger charge is -2.18. The zero-order valence-electron chi connectivity index (χ0n) is 11.0. The van der Waals surface area contributed by atoms with E-state index in [0.717, 1.165) is 18.6 Å². The summed E-state index contributed by atoms with van der Waals surface area (Å²) in [4.78, 5) is 11.9. The third-order valence-electron chi connectivity index (χ3n) is 3.29. The molecule has 20 heavy (non-hydrogen) atoms. The van der Waals surface area contributed by atoms with Crippen molar-refractivity contribution in [2.45, 2.75) is 38.1 Å². The Kier molecular flexibility index (Phi) is 4.32. The highest BCUT2D eigenvalue weighted by molar-refractivity contribution is 5.81. The molecule has 2 atom stereocenters. The van der Waals surface area contributed by atoms with E-state index in [1.165, 1.54) is 6.07 Å². The van der Waals surface area contributed by atoms with Crippen LogP contribution >= 0.6 is 0 Å². The van der Waals surface area contributed by atoms with Crippen molar-refractivity contribution in [3.05, 3.63) is 35.4 Å². The average molecular weight is 287 g/mol. The third-order valence-corrected chi connectivity index (χ3v) is 3.29. The number of rotatable bonds is 3. The number of carbonyl (C=O) groups is 1. The molecular weight excluding hydrogens is 271 g/mol. The van der Waals surface area contributed by atoms with Crippen molar-refractivity contribution in [2.75, 3.05) is 6.61 Å². The normalized spacial score (nSPS) is 20.7. The minimum absolute atomic E-state index is 0.271. The van der Waals surface area contributed by atoms with E-state index >= 15 is 0 Å². The van der Waals surface area contributed by atoms with Crippen molar-refractivity contribution in [3.63, 3.8) is 0 Å². The molecule has 0 aromatic heterocycles. The zero-order chi connectivity index (χ0) is 14.8. The molecule has 110 valence electrons. The largest absolute Gasteiger partial charge is 0.416 e. The first-order chi connectivity index (χ1) is 9.38. The Morgan fingerprint density at radius 2 is 2.20 bits per heavy atom. The van der Waals surface area contributed by atoms with Crippen molar-refractivity contribution in [1.29, 1.82) is 0 Å². The van der Waals surface area contributed by atoms with Crippen LogP contribution in [0.1, 0.15) is 36.9 Å². The first kappa shape index (κ1) is 14.8. The van der Waals surface area contributed by atoms with E-state index < -0.39 is 23.9 Å². The van der Waals surface area contributed by atoms with Gasteiger partial charge in [0.1, 0.15) is 6.10 Å². The summed E-state index contributed by atoms with van der Waals surface area (Å²) in [5.41, 5.74) is -0.292. The van der Waals surface area contributed by atoms with Crippen LogP contribution in [0.5, 0.6) is 0 Å². The molecule has 1 aliphatic rings. The van der Waals surface area contributed by atoms with Crippen LogP contribution in [0.4, 0.5) is 13.2 Å². The maximum atomic E-state index is 12.6. The molecule has 1 aromatic rings. The second kappa shape index (κ2) is 5.83. The molecule has 0 spiro atoms. The van der Waals surface area contributed by atoms with Crippen LogP contribution in [0.25, 0.3) is 0 Å². The number of halogens is 3. The van der Waals surface area contributed by atoms with E-state index in [-0.39, 0.29) is 5.91 Å². The molecule has 0 unspecified atom stereocenters. The molecule has 1 aromatic carbocycles. The lowest BCUT2D eigenvalue weighted by Crippen LogP contribution is -2.35. The number of ether oxygens (including phenoxy) is 1. The van der Waals surface area contributed by atoms with Crippen molar-refractivity contribution >= 4 is 5.91 Å². The first-order valence-electron chi connectivity index (χ1n) is 6.47. The number of amides is 1. The monoisotopic (exact) mass is 287 g/mol. The van der Waals surface area contributed by atoms with Gasteiger partial charge in [-0.15, -0.1) is 0 Å². The molecule has 0 saturated carbocycles. The Morgan fingerprint density at radius 3 is 2.80 bits per heavy atom. The van der Waals surface area contributed by atoms with Gasteiger partial charge in [0.15, 0.2) is 0 Å². The molecule has 0 bridgehead atoms. The van der Waals surface area contributed by atoms with E-state index in [1.807, 2.05) is 0 Å². The highest BCUT2D eigenvalue weighted by Crippen LogP contribution is 2.30. The van der Waals surface area contributed by atoms with Crippen molar-refractivity contribution in [1.82, 2.24) is 5.32 Å². The summed E-state index contributed by atoms with van der Waals surface area (Å²) >= 11 is 0. The lowest BCUT2D eigenvalue weighted by molar-refractivity contribution is -0.137. The minimum atomic E-state index is -4.38. The van der Waals surface area contributed by atoms with Gasteiger partial charge in [-0.25, -0.2) is 0 Å². The first-order valence-corrected chi connectivity index (χ1v) is 6.47. The van der Waals surface area contributed by atoms with Crippen LogP contribution in [0.15, 0.2) is 24.3 Å². The van der Waals surface area contributed by atoms with E-state index in [2.05, 4.69) is 5.32 Å². The quantitative estimate of drug-likeness (QED) is 0.928. The third kappa shape index (κ3) is 3.50. The summed E-state index contributed by atoms with van der Waals surface area (Å²) in [5, 5.41) is 2.69. The Bertz CT molecular complexity index is 482. The number of alkyl halides is 3. The molecule has 1 saturated heterocycles. The van der Waals surface area contributed by atoms with Gasteiger partial charge >= 0.3 is 6.18 Å². The molecule has 0 aliphatic carbocycles. The Morgan fingerprint density at radius 1 is 1.45 bits per heavy atom. The predicted octanol–water partition coefficient (Wildman–Crippen LogP) is 3.06. The minimum Gasteiger partial charge on any atom is -0.368 e. The van der Waals surface area contributed by atoms with E-state index in [9.17, 15) is 18.0 Å². The molecule has 6 heteroatoms. The summed E-state index contributed by atoms with van der Waals surface area (Å²) in [5.74, 6) is -0.271. The highest BCUT2D eigenvalue weighted by atomic mass is 19.4. The fraction of sp³-hybridized carbons (Fsp3) is 0.500. The van der Waals surface area contributed by atoms with Crippen LogP contribution in [0.3, 0.4) is 0 Å². The van der Waals surface area contributed by atoms with Gasteiger partial charge < -0.3 is 10.1 Å². The molecule has 1 heterocycles. The van der Waals surface area contributed by atoms with Crippen LogP contribution in [-0.2, 0) is 15.7 Å². The van der Waals surface area contributed by atoms with Crippen LogP contribution < -0.4 is 5.32 Å². The van der Waals surface area contributed by atoms with Gasteiger partial charge in [-0.2, -0.15) is 13.2 Å². The van der Waals surface area contributed by atoms with Gasteiger partial charge in [-0.05, 0) is 37.5 Å². The summed E-state index contributed by atoms with van der Waals surface area (Å²) < 4.78 is 43.1. The second-order valence-corrected chi connectivity index (χ2v) is 4.86. The number of nitrogens with one attached hydrogen (secondary N) is 1. The Labute approximate surface area is 115 Å². The Hall–Kier alpha value is -1.56. The van der Waals surface area contributed by atoms with Crippen molar-refractivity contribution in [3.8, 4) is 0 Å². The van der Waals surface area contributed by atoms with Crippen molar-refractivity contribution in [2.24, 2.45) is 0 Å². The van der Waals surface area contributed by atoms with E-state index in [4.69, 9.17) is 4.74 Å². The van der Waals surface area contributed by atoms with Gasteiger partial charge in [0.25, 0.3) is 0 Å². The number of carbonyl (C=O) groups excluding carboxylic acids is 1. The van der Waals surface area contributed by atoms with Gasteiger partial charge in [0.05, 0.1) is 11.6 Å². The molecular formula is C14H16F3NO2. The van der Waals surface area contributed by atoms with E-state index in [0.29, 0.717) is 18.6 Å². The molecule has 0 radical (unpaired) electrons. The maximum absolute atomic E-state index is 12.6. The van der Waals surface area contributed by atoms with Crippen LogP contribution in [-0.4, -0.2) is 18.6 Å². The van der Waals surface area contributed by atoms with Crippen molar-refractivity contribution < 1.29 is 22.7 Å². The van der Waals surface area contributed by atoms with Gasteiger partial charge in [0, 0.05) is 6.61 Å². The second-order valence-electron chi connectivity index (χ2n) is 4.86. The fourth-order valence-electron chi connectivity index (χ4n) is 2.16. The molecule has 2 rings (SSSR count). The fourth-order valence-corrected chi connectivity index (χ4v) is 2.16. The number of hydrogen-bond acceptors (Lipinski definition) is 2. The number of hydrogen-bond donors (Lipinski definition) is 1. The van der Waals surface area contributed by atoms with E-state index in [1.54, 1.807) is 13.0 Å². The van der Waals surface area contributed by atoms with Gasteiger partial charge in [-0.1, -0.05) is 12.1 Å². The average Bonchev–Trinajstić information content (AvgIpc) is 2.91. The molecule has 1 N–H and O–H groups in total. The summed E-state index contributed by atoms with van der Waals surface area (Å²) in [6, 6.07) is 4.48. The topological polar surface area (TPSA) is 38.3 Å². The predicted molar refractivity (Wildman–Crippen MR) is 67.0 cm³/mol. The molecule has 3 nitrogen and oxygen atoms in total. The maximum Gasteiger partial charge on any atom is 0.416 e. The van der Waals surface area contributed by atoms with Crippen LogP contribution in [0.2, 0.25) is 0 Å². The number of benzene rings is 1. The smallest absolute Gasteiger partial charge is 0.368 e. The van der Waals surface area contributed by atoms with Gasteiger partial charge in [0.2, 0.25) is 5.91 Å². The van der Waals surface area contributed by atoms with Gasteiger partial charge in [-0.3, -0.25) is 4.79 Å². The molecule has 1 fully saturated rings. The molecule has 1 aliphatic heterocycles. The molecule has 1 amide bonds. The van der Waals surface area contributed by atoms with Crippen LogP contribution in [0, 0.1) is 0 Å². The zero-order valence-corrected chi connectivity index (χ0v) is 11.0. The lowest BCUT2D eigenvalue weighted by atomic mass is 10.0. The Balaban J connectivity index is 2.05. The SMILES string of the molecule is C[C@H](NC(=O)[C@H]1CCCO1)c1cccc(C(F)(F)F)c1. The summed E-state index contributed by atoms with van der Waals surface area (Å²) in [7, 11) is 0. The summed E-state index contributed by atoms with van der Waals surface area (Å²) in [6.07, 6.45) is -3.38.